The molecule has 0 spiro atoms. The lowest BCUT2D eigenvalue weighted by Crippen LogP contribution is -2.30. The van der Waals surface area contributed by atoms with Crippen molar-refractivity contribution in [2.45, 2.75) is 18.1 Å². The van der Waals surface area contributed by atoms with Crippen LogP contribution in [0.4, 0.5) is 0 Å². The van der Waals surface area contributed by atoms with Crippen LogP contribution in [0.25, 0.3) is 11.0 Å². The first-order valence-corrected chi connectivity index (χ1v) is 9.28. The number of hydrogen-bond acceptors (Lipinski definition) is 5. The molecule has 0 fully saturated rings. The number of amides is 1. The molecular formula is C15H12ClNO4S2. The fourth-order valence-electron chi connectivity index (χ4n) is 2.18. The van der Waals surface area contributed by atoms with Crippen molar-refractivity contribution in [2.24, 2.45) is 0 Å². The van der Waals surface area contributed by atoms with E-state index in [1.54, 1.807) is 38.1 Å². The van der Waals surface area contributed by atoms with Crippen LogP contribution in [0.2, 0.25) is 5.02 Å². The quantitative estimate of drug-likeness (QED) is 0.760. The Morgan fingerprint density at radius 1 is 1.22 bits per heavy atom. The number of carbonyl (C=O) groups excluding carboxylic acids is 1. The van der Waals surface area contributed by atoms with E-state index in [4.69, 9.17) is 16.0 Å². The van der Waals surface area contributed by atoms with E-state index in [1.807, 2.05) is 4.72 Å². The molecule has 5 nitrogen and oxygen atoms in total. The molecule has 0 atom stereocenters. The summed E-state index contributed by atoms with van der Waals surface area (Å²) in [6.45, 7) is 3.47. The predicted molar refractivity (Wildman–Crippen MR) is 89.7 cm³/mol. The van der Waals surface area contributed by atoms with E-state index < -0.39 is 15.9 Å². The summed E-state index contributed by atoms with van der Waals surface area (Å²) >= 11 is 7.02. The van der Waals surface area contributed by atoms with E-state index in [9.17, 15) is 13.2 Å². The van der Waals surface area contributed by atoms with Crippen LogP contribution in [0.15, 0.2) is 39.0 Å². The maximum absolute atomic E-state index is 12.3. The molecule has 1 amide bonds. The van der Waals surface area contributed by atoms with Crippen LogP contribution in [-0.4, -0.2) is 14.3 Å². The summed E-state index contributed by atoms with van der Waals surface area (Å²) in [6, 6.07) is 8.08. The number of nitrogens with one attached hydrogen (secondary N) is 1. The monoisotopic (exact) mass is 369 g/mol. The predicted octanol–water partition coefficient (Wildman–Crippen LogP) is 3.88. The standard InChI is InChI=1S/C15H12ClNO4S2/c1-8-3-6-13(22-8)23(19,20)17-15(18)14-9(2)11-7-10(16)4-5-12(11)21-14/h3-7H,1-2H3,(H,17,18). The zero-order chi connectivity index (χ0) is 16.8. The minimum atomic E-state index is -3.92. The third-order valence-corrected chi connectivity index (χ3v) is 6.37. The Kier molecular flexibility index (Phi) is 3.95. The number of hydrogen-bond donors (Lipinski definition) is 1. The van der Waals surface area contributed by atoms with Crippen molar-refractivity contribution in [3.05, 3.63) is 51.6 Å². The van der Waals surface area contributed by atoms with Crippen LogP contribution in [-0.2, 0) is 10.0 Å². The molecule has 120 valence electrons. The number of furan rings is 1. The molecule has 3 rings (SSSR count). The summed E-state index contributed by atoms with van der Waals surface area (Å²) in [5.41, 5.74) is 1.01. The molecule has 0 aliphatic heterocycles. The van der Waals surface area contributed by atoms with Gasteiger partial charge in [0.1, 0.15) is 9.79 Å². The SMILES string of the molecule is Cc1ccc(S(=O)(=O)NC(=O)c2oc3ccc(Cl)cc3c2C)s1. The van der Waals surface area contributed by atoms with Crippen LogP contribution >= 0.6 is 22.9 Å². The highest BCUT2D eigenvalue weighted by Crippen LogP contribution is 2.28. The van der Waals surface area contributed by atoms with Crippen molar-refractivity contribution in [3.8, 4) is 0 Å². The Balaban J connectivity index is 1.96. The maximum atomic E-state index is 12.3. The van der Waals surface area contributed by atoms with E-state index in [0.717, 1.165) is 16.2 Å². The summed E-state index contributed by atoms with van der Waals surface area (Å²) in [6.07, 6.45) is 0. The minimum absolute atomic E-state index is 0.0425. The van der Waals surface area contributed by atoms with Crippen LogP contribution < -0.4 is 4.72 Å². The van der Waals surface area contributed by atoms with Gasteiger partial charge in [0.05, 0.1) is 0 Å². The van der Waals surface area contributed by atoms with Crippen molar-refractivity contribution in [3.63, 3.8) is 0 Å². The molecule has 0 aliphatic rings. The molecule has 0 bridgehead atoms. The van der Waals surface area contributed by atoms with Crippen LogP contribution in [0.1, 0.15) is 21.0 Å². The van der Waals surface area contributed by atoms with Crippen molar-refractivity contribution in [2.75, 3.05) is 0 Å². The van der Waals surface area contributed by atoms with Gasteiger partial charge >= 0.3 is 5.91 Å². The van der Waals surface area contributed by atoms with Gasteiger partial charge in [0, 0.05) is 20.8 Å². The molecule has 0 saturated carbocycles. The number of sulfonamides is 1. The molecule has 3 aromatic rings. The summed E-state index contributed by atoms with van der Waals surface area (Å²) < 4.78 is 32.0. The molecule has 1 aromatic carbocycles. The second kappa shape index (κ2) is 5.67. The Labute approximate surface area is 141 Å². The molecule has 0 aliphatic carbocycles. The van der Waals surface area contributed by atoms with Gasteiger partial charge in [-0.2, -0.15) is 0 Å². The number of fused-ring (bicyclic) bond motifs is 1. The van der Waals surface area contributed by atoms with Crippen molar-refractivity contribution >= 4 is 49.8 Å². The van der Waals surface area contributed by atoms with Gasteiger partial charge in [0.25, 0.3) is 10.0 Å². The topological polar surface area (TPSA) is 76.4 Å². The van der Waals surface area contributed by atoms with Gasteiger partial charge in [-0.25, -0.2) is 13.1 Å². The molecular weight excluding hydrogens is 358 g/mol. The third kappa shape index (κ3) is 2.99. The van der Waals surface area contributed by atoms with Gasteiger partial charge in [0.2, 0.25) is 0 Å². The van der Waals surface area contributed by atoms with E-state index in [2.05, 4.69) is 0 Å². The highest BCUT2D eigenvalue weighted by Gasteiger charge is 2.24. The molecule has 0 radical (unpaired) electrons. The Morgan fingerprint density at radius 3 is 2.61 bits per heavy atom. The molecule has 0 saturated heterocycles. The average molecular weight is 370 g/mol. The smallest absolute Gasteiger partial charge is 0.301 e. The van der Waals surface area contributed by atoms with E-state index in [0.29, 0.717) is 21.6 Å². The first kappa shape index (κ1) is 16.0. The Hall–Kier alpha value is -1.83. The largest absolute Gasteiger partial charge is 0.451 e. The van der Waals surface area contributed by atoms with E-state index in [1.165, 1.54) is 6.07 Å². The molecule has 0 unspecified atom stereocenters. The Bertz CT molecular complexity index is 1020. The van der Waals surface area contributed by atoms with Crippen LogP contribution in [0.3, 0.4) is 0 Å². The minimum Gasteiger partial charge on any atom is -0.451 e. The fourth-order valence-corrected chi connectivity index (χ4v) is 4.59. The van der Waals surface area contributed by atoms with Crippen molar-refractivity contribution in [1.29, 1.82) is 0 Å². The first-order valence-electron chi connectivity index (χ1n) is 6.60. The first-order chi connectivity index (χ1) is 10.8. The molecule has 2 heterocycles. The van der Waals surface area contributed by atoms with Gasteiger partial charge in [-0.05, 0) is 44.2 Å². The zero-order valence-corrected chi connectivity index (χ0v) is 14.6. The average Bonchev–Trinajstić information content (AvgIpc) is 3.04. The number of aryl methyl sites for hydroxylation is 2. The van der Waals surface area contributed by atoms with Crippen LogP contribution in [0, 0.1) is 13.8 Å². The molecule has 1 N–H and O–H groups in total. The Morgan fingerprint density at radius 2 is 1.96 bits per heavy atom. The molecule has 8 heteroatoms. The fraction of sp³-hybridized carbons (Fsp3) is 0.133. The highest BCUT2D eigenvalue weighted by molar-refractivity contribution is 7.92. The normalized spacial score (nSPS) is 11.8. The number of rotatable bonds is 3. The number of carbonyl (C=O) groups is 1. The lowest BCUT2D eigenvalue weighted by Gasteiger charge is -2.03. The lowest BCUT2D eigenvalue weighted by atomic mass is 10.1. The van der Waals surface area contributed by atoms with Gasteiger partial charge in [-0.3, -0.25) is 4.79 Å². The van der Waals surface area contributed by atoms with Crippen LogP contribution in [0.5, 0.6) is 0 Å². The van der Waals surface area contributed by atoms with Gasteiger partial charge < -0.3 is 4.42 Å². The van der Waals surface area contributed by atoms with Gasteiger partial charge in [-0.15, -0.1) is 11.3 Å². The highest BCUT2D eigenvalue weighted by atomic mass is 35.5. The zero-order valence-electron chi connectivity index (χ0n) is 12.2. The summed E-state index contributed by atoms with van der Waals surface area (Å²) in [4.78, 5) is 13.1. The van der Waals surface area contributed by atoms with E-state index >= 15 is 0 Å². The van der Waals surface area contributed by atoms with E-state index in [-0.39, 0.29) is 9.97 Å². The maximum Gasteiger partial charge on any atom is 0.301 e. The van der Waals surface area contributed by atoms with Crippen molar-refractivity contribution in [1.82, 2.24) is 4.72 Å². The third-order valence-electron chi connectivity index (χ3n) is 3.31. The summed E-state index contributed by atoms with van der Waals surface area (Å²) in [7, 11) is -3.92. The summed E-state index contributed by atoms with van der Waals surface area (Å²) in [5, 5.41) is 1.18. The second-order valence-electron chi connectivity index (χ2n) is 5.00. The second-order valence-corrected chi connectivity index (χ2v) is 8.63. The van der Waals surface area contributed by atoms with Crippen molar-refractivity contribution < 1.29 is 17.6 Å². The van der Waals surface area contributed by atoms with Gasteiger partial charge in [0.15, 0.2) is 5.76 Å². The lowest BCUT2D eigenvalue weighted by molar-refractivity contribution is 0.0956. The number of benzene rings is 1. The molecule has 23 heavy (non-hydrogen) atoms. The number of halogens is 1. The molecule has 2 aromatic heterocycles. The van der Waals surface area contributed by atoms with Gasteiger partial charge in [-0.1, -0.05) is 11.6 Å². The number of thiophene rings is 1. The summed E-state index contributed by atoms with van der Waals surface area (Å²) in [5.74, 6) is -0.847.